The van der Waals surface area contributed by atoms with Crippen LogP contribution < -0.4 is 0 Å². The molecule has 1 aromatic carbocycles. The number of oxazole rings is 1. The summed E-state index contributed by atoms with van der Waals surface area (Å²) in [5.41, 5.74) is 4.93. The number of aryl methyl sites for hydroxylation is 1. The number of aromatic amines is 1. The van der Waals surface area contributed by atoms with Crippen molar-refractivity contribution in [3.05, 3.63) is 89.3 Å². The van der Waals surface area contributed by atoms with Gasteiger partial charge in [-0.05, 0) is 42.8 Å². The summed E-state index contributed by atoms with van der Waals surface area (Å²) in [5.74, 6) is 0.995. The molecule has 6 nitrogen and oxygen atoms in total. The van der Waals surface area contributed by atoms with E-state index in [1.807, 2.05) is 19.2 Å². The van der Waals surface area contributed by atoms with Gasteiger partial charge in [0.15, 0.2) is 0 Å². The van der Waals surface area contributed by atoms with E-state index in [2.05, 4.69) is 25.9 Å². The quantitative estimate of drug-likeness (QED) is 0.570. The van der Waals surface area contributed by atoms with Gasteiger partial charge in [-0.2, -0.15) is 0 Å². The molecule has 1 N–H and O–H groups in total. The molecule has 4 aromatic rings. The van der Waals surface area contributed by atoms with E-state index in [1.165, 1.54) is 17.8 Å². The van der Waals surface area contributed by atoms with Crippen LogP contribution in [0.1, 0.15) is 34.4 Å². The van der Waals surface area contributed by atoms with Crippen molar-refractivity contribution in [2.24, 2.45) is 0 Å². The first-order valence-corrected chi connectivity index (χ1v) is 9.57. The molecule has 1 unspecified atom stereocenters. The molecule has 0 fully saturated rings. The largest absolute Gasteiger partial charge is 0.441 e. The van der Waals surface area contributed by atoms with E-state index in [4.69, 9.17) is 9.40 Å². The third-order valence-corrected chi connectivity index (χ3v) is 5.36. The number of rotatable bonds is 4. The zero-order valence-corrected chi connectivity index (χ0v) is 16.0. The van der Waals surface area contributed by atoms with Gasteiger partial charge in [-0.1, -0.05) is 6.07 Å². The monoisotopic (exact) mass is 389 g/mol. The highest BCUT2D eigenvalue weighted by molar-refractivity contribution is 5.53. The van der Waals surface area contributed by atoms with E-state index < -0.39 is 0 Å². The van der Waals surface area contributed by atoms with Crippen LogP contribution in [-0.4, -0.2) is 31.4 Å². The van der Waals surface area contributed by atoms with Gasteiger partial charge in [0.1, 0.15) is 11.6 Å². The van der Waals surface area contributed by atoms with Gasteiger partial charge in [-0.3, -0.25) is 9.88 Å². The van der Waals surface area contributed by atoms with Crippen LogP contribution in [0.25, 0.3) is 11.5 Å². The van der Waals surface area contributed by atoms with Gasteiger partial charge in [0.2, 0.25) is 5.89 Å². The predicted octanol–water partition coefficient (Wildman–Crippen LogP) is 4.05. The predicted molar refractivity (Wildman–Crippen MR) is 105 cm³/mol. The second-order valence-corrected chi connectivity index (χ2v) is 7.20. The Balaban J connectivity index is 1.47. The van der Waals surface area contributed by atoms with E-state index in [-0.39, 0.29) is 11.9 Å². The number of nitrogens with zero attached hydrogens (tertiary/aromatic N) is 4. The fraction of sp³-hybridized carbons (Fsp3) is 0.227. The molecule has 0 spiro atoms. The molecule has 4 heterocycles. The summed E-state index contributed by atoms with van der Waals surface area (Å²) < 4.78 is 19.1. The van der Waals surface area contributed by atoms with Crippen LogP contribution in [-0.2, 0) is 13.0 Å². The number of hydrogen-bond donors (Lipinski definition) is 1. The lowest BCUT2D eigenvalue weighted by molar-refractivity contribution is 0.197. The van der Waals surface area contributed by atoms with Gasteiger partial charge in [-0.15, -0.1) is 0 Å². The van der Waals surface area contributed by atoms with E-state index in [0.29, 0.717) is 12.4 Å². The zero-order chi connectivity index (χ0) is 19.8. The fourth-order valence-electron chi connectivity index (χ4n) is 3.88. The zero-order valence-electron chi connectivity index (χ0n) is 16.0. The molecule has 0 aliphatic carbocycles. The molecule has 1 atom stereocenters. The van der Waals surface area contributed by atoms with Gasteiger partial charge in [-0.25, -0.2) is 14.4 Å². The number of benzene rings is 1. The number of hydrogen-bond acceptors (Lipinski definition) is 5. The Morgan fingerprint density at radius 2 is 2.10 bits per heavy atom. The lowest BCUT2D eigenvalue weighted by atomic mass is 9.96. The first-order valence-electron chi connectivity index (χ1n) is 9.57. The number of H-pyrrole nitrogens is 1. The molecule has 1 aliphatic rings. The molecule has 5 rings (SSSR count). The molecule has 0 bridgehead atoms. The Kier molecular flexibility index (Phi) is 4.44. The maximum atomic E-state index is 13.2. The summed E-state index contributed by atoms with van der Waals surface area (Å²) in [6.45, 7) is 3.41. The summed E-state index contributed by atoms with van der Waals surface area (Å²) >= 11 is 0. The number of imidazole rings is 1. The van der Waals surface area contributed by atoms with Crippen LogP contribution in [0, 0.1) is 12.7 Å². The Morgan fingerprint density at radius 1 is 1.24 bits per heavy atom. The average Bonchev–Trinajstić information content (AvgIpc) is 3.36. The van der Waals surface area contributed by atoms with E-state index >= 15 is 0 Å². The summed E-state index contributed by atoms with van der Waals surface area (Å²) in [5, 5.41) is 0. The van der Waals surface area contributed by atoms with Crippen LogP contribution in [0.4, 0.5) is 4.39 Å². The van der Waals surface area contributed by atoms with Crippen LogP contribution >= 0.6 is 0 Å². The van der Waals surface area contributed by atoms with Crippen LogP contribution in [0.2, 0.25) is 0 Å². The van der Waals surface area contributed by atoms with Crippen molar-refractivity contribution < 1.29 is 8.81 Å². The standard InChI is InChI=1S/C22H20FN5O/c1-14-19(27-22(29-14)15-4-6-17(23)7-5-15)12-28-10-8-18-20(26-13-25-18)21(28)16-3-2-9-24-11-16/h2-7,9,11,13,21H,8,10,12H2,1H3,(H,25,26). The van der Waals surface area contributed by atoms with Crippen molar-refractivity contribution >= 4 is 0 Å². The van der Waals surface area contributed by atoms with Crippen LogP contribution in [0.15, 0.2) is 59.5 Å². The molecule has 0 radical (unpaired) electrons. The molecular formula is C22H20FN5O. The van der Waals surface area contributed by atoms with Crippen molar-refractivity contribution in [1.82, 2.24) is 24.8 Å². The van der Waals surface area contributed by atoms with E-state index in [0.717, 1.165) is 41.2 Å². The van der Waals surface area contributed by atoms with E-state index in [1.54, 1.807) is 24.7 Å². The first kappa shape index (κ1) is 17.8. The first-order chi connectivity index (χ1) is 14.2. The van der Waals surface area contributed by atoms with E-state index in [9.17, 15) is 4.39 Å². The Morgan fingerprint density at radius 3 is 2.90 bits per heavy atom. The smallest absolute Gasteiger partial charge is 0.226 e. The van der Waals surface area contributed by atoms with Gasteiger partial charge < -0.3 is 9.40 Å². The normalized spacial score (nSPS) is 16.7. The molecule has 0 saturated heterocycles. The minimum atomic E-state index is -0.278. The maximum absolute atomic E-state index is 13.2. The Hall–Kier alpha value is -3.32. The maximum Gasteiger partial charge on any atom is 0.226 e. The molecule has 7 heteroatoms. The van der Waals surface area contributed by atoms with Crippen molar-refractivity contribution in [1.29, 1.82) is 0 Å². The molecule has 29 heavy (non-hydrogen) atoms. The van der Waals surface area contributed by atoms with Gasteiger partial charge in [0, 0.05) is 43.2 Å². The minimum absolute atomic E-state index is 0.00377. The summed E-state index contributed by atoms with van der Waals surface area (Å²) in [4.78, 5) is 19.2. The summed E-state index contributed by atoms with van der Waals surface area (Å²) in [6, 6.07) is 10.2. The summed E-state index contributed by atoms with van der Waals surface area (Å²) in [7, 11) is 0. The summed E-state index contributed by atoms with van der Waals surface area (Å²) in [6.07, 6.45) is 6.32. The lowest BCUT2D eigenvalue weighted by Gasteiger charge is -2.34. The third kappa shape index (κ3) is 3.34. The molecular weight excluding hydrogens is 369 g/mol. The Bertz CT molecular complexity index is 1120. The van der Waals surface area contributed by atoms with Crippen molar-refractivity contribution in [3.8, 4) is 11.5 Å². The SMILES string of the molecule is Cc1oc(-c2ccc(F)cc2)nc1CN1CCc2[nH]cnc2C1c1cccnc1. The fourth-order valence-corrected chi connectivity index (χ4v) is 3.88. The molecule has 1 aliphatic heterocycles. The number of pyridine rings is 1. The van der Waals surface area contributed by atoms with Crippen molar-refractivity contribution in [2.75, 3.05) is 6.54 Å². The molecule has 0 amide bonds. The number of fused-ring (bicyclic) bond motifs is 1. The van der Waals surface area contributed by atoms with Gasteiger partial charge in [0.25, 0.3) is 0 Å². The van der Waals surface area contributed by atoms with Crippen molar-refractivity contribution in [3.63, 3.8) is 0 Å². The Labute approximate surface area is 167 Å². The third-order valence-electron chi connectivity index (χ3n) is 5.36. The average molecular weight is 389 g/mol. The van der Waals surface area contributed by atoms with Gasteiger partial charge in [0.05, 0.1) is 23.8 Å². The molecule has 0 saturated carbocycles. The lowest BCUT2D eigenvalue weighted by Crippen LogP contribution is -2.36. The molecule has 146 valence electrons. The van der Waals surface area contributed by atoms with Gasteiger partial charge >= 0.3 is 0 Å². The molecule has 3 aromatic heterocycles. The number of nitrogens with one attached hydrogen (secondary N) is 1. The van der Waals surface area contributed by atoms with Crippen LogP contribution in [0.3, 0.4) is 0 Å². The highest BCUT2D eigenvalue weighted by Crippen LogP contribution is 2.34. The number of aromatic nitrogens is 4. The second-order valence-electron chi connectivity index (χ2n) is 7.20. The second kappa shape index (κ2) is 7.25. The topological polar surface area (TPSA) is 70.8 Å². The van der Waals surface area contributed by atoms with Crippen molar-refractivity contribution in [2.45, 2.75) is 25.9 Å². The highest BCUT2D eigenvalue weighted by atomic mass is 19.1. The minimum Gasteiger partial charge on any atom is -0.441 e. The number of halogens is 1. The van der Waals surface area contributed by atoms with Crippen LogP contribution in [0.5, 0.6) is 0 Å². The highest BCUT2D eigenvalue weighted by Gasteiger charge is 2.32.